The number of aromatic carboxylic acids is 1. The lowest BCUT2D eigenvalue weighted by Gasteiger charge is -2.09. The van der Waals surface area contributed by atoms with Gasteiger partial charge in [0.1, 0.15) is 5.82 Å². The van der Waals surface area contributed by atoms with Crippen LogP contribution in [0, 0.1) is 18.6 Å². The van der Waals surface area contributed by atoms with E-state index in [1.165, 1.54) is 24.3 Å². The highest BCUT2D eigenvalue weighted by Crippen LogP contribution is 2.21. The molecule has 0 aliphatic rings. The average Bonchev–Trinajstić information content (AvgIpc) is 2.94. The van der Waals surface area contributed by atoms with Gasteiger partial charge < -0.3 is 10.4 Å². The van der Waals surface area contributed by atoms with Gasteiger partial charge in [0, 0.05) is 5.56 Å². The second-order valence-corrected chi connectivity index (χ2v) is 5.92. The van der Waals surface area contributed by atoms with E-state index in [1.54, 1.807) is 24.3 Å². The van der Waals surface area contributed by atoms with Crippen LogP contribution >= 0.6 is 0 Å². The number of anilines is 1. The van der Waals surface area contributed by atoms with Crippen LogP contribution in [0.15, 0.2) is 48.5 Å². The van der Waals surface area contributed by atoms with Crippen molar-refractivity contribution < 1.29 is 23.5 Å². The SMILES string of the molecule is Cc1ccc(C(=O)Nc2c(F)c(C(=O)O)nn2Cc2ccc(F)cc2)cc1. The standard InChI is InChI=1S/C19H15F2N3O3/c1-11-2-6-13(7-3-11)18(25)22-17-15(21)16(19(26)27)23-24(17)10-12-4-8-14(20)9-5-12/h2-9H,10H2,1H3,(H,22,25)(H,26,27). The molecule has 0 fully saturated rings. The van der Waals surface area contributed by atoms with Crippen LogP contribution in [0.1, 0.15) is 32.0 Å². The first-order chi connectivity index (χ1) is 12.8. The third-order valence-electron chi connectivity index (χ3n) is 3.89. The van der Waals surface area contributed by atoms with E-state index in [1.807, 2.05) is 6.92 Å². The predicted octanol–water partition coefficient (Wildman–Crippen LogP) is 3.47. The number of benzene rings is 2. The van der Waals surface area contributed by atoms with Crippen LogP contribution in [0.3, 0.4) is 0 Å². The Morgan fingerprint density at radius 1 is 1.07 bits per heavy atom. The molecule has 3 rings (SSSR count). The number of hydrogen-bond acceptors (Lipinski definition) is 3. The second kappa shape index (κ2) is 7.36. The highest BCUT2D eigenvalue weighted by Gasteiger charge is 2.25. The number of hydrogen-bond donors (Lipinski definition) is 2. The predicted molar refractivity (Wildman–Crippen MR) is 93.8 cm³/mol. The van der Waals surface area contributed by atoms with Gasteiger partial charge in [-0.1, -0.05) is 29.8 Å². The number of aromatic nitrogens is 2. The summed E-state index contributed by atoms with van der Waals surface area (Å²) in [7, 11) is 0. The van der Waals surface area contributed by atoms with Gasteiger partial charge in [0.15, 0.2) is 11.6 Å². The van der Waals surface area contributed by atoms with Gasteiger partial charge in [-0.15, -0.1) is 0 Å². The number of nitrogens with zero attached hydrogens (tertiary/aromatic N) is 2. The van der Waals surface area contributed by atoms with Crippen molar-refractivity contribution in [1.29, 1.82) is 0 Å². The maximum Gasteiger partial charge on any atom is 0.359 e. The van der Waals surface area contributed by atoms with E-state index in [0.717, 1.165) is 10.2 Å². The molecule has 6 nitrogen and oxygen atoms in total. The van der Waals surface area contributed by atoms with Crippen LogP contribution in [0.4, 0.5) is 14.6 Å². The first kappa shape index (κ1) is 18.2. The molecule has 1 heterocycles. The lowest BCUT2D eigenvalue weighted by Crippen LogP contribution is -2.17. The summed E-state index contributed by atoms with van der Waals surface area (Å²) in [6, 6.07) is 12.0. The zero-order valence-corrected chi connectivity index (χ0v) is 14.2. The van der Waals surface area contributed by atoms with Crippen LogP contribution in [-0.2, 0) is 6.54 Å². The van der Waals surface area contributed by atoms with Crippen molar-refractivity contribution in [3.63, 3.8) is 0 Å². The molecule has 1 aromatic heterocycles. The van der Waals surface area contributed by atoms with Crippen LogP contribution in [0.5, 0.6) is 0 Å². The van der Waals surface area contributed by atoms with Gasteiger partial charge in [0.25, 0.3) is 5.91 Å². The number of carbonyl (C=O) groups excluding carboxylic acids is 1. The van der Waals surface area contributed by atoms with E-state index < -0.39 is 29.2 Å². The van der Waals surface area contributed by atoms with E-state index in [9.17, 15) is 18.4 Å². The number of carbonyl (C=O) groups is 2. The highest BCUT2D eigenvalue weighted by molar-refractivity contribution is 6.04. The summed E-state index contributed by atoms with van der Waals surface area (Å²) >= 11 is 0. The molecule has 2 aromatic carbocycles. The van der Waals surface area contributed by atoms with Gasteiger partial charge in [0.2, 0.25) is 5.69 Å². The van der Waals surface area contributed by atoms with Gasteiger partial charge in [-0.2, -0.15) is 5.10 Å². The number of nitrogens with one attached hydrogen (secondary N) is 1. The van der Waals surface area contributed by atoms with Crippen molar-refractivity contribution in [3.05, 3.63) is 82.5 Å². The molecule has 0 saturated carbocycles. The summed E-state index contributed by atoms with van der Waals surface area (Å²) in [6.07, 6.45) is 0. The quantitative estimate of drug-likeness (QED) is 0.719. The van der Waals surface area contributed by atoms with E-state index in [4.69, 9.17) is 5.11 Å². The fraction of sp³-hybridized carbons (Fsp3) is 0.105. The Morgan fingerprint density at radius 2 is 1.70 bits per heavy atom. The number of carboxylic acid groups (broad SMARTS) is 1. The molecule has 138 valence electrons. The molecule has 8 heteroatoms. The molecule has 1 amide bonds. The van der Waals surface area contributed by atoms with Gasteiger partial charge in [-0.3, -0.25) is 4.79 Å². The van der Waals surface area contributed by atoms with Crippen LogP contribution in [0.25, 0.3) is 0 Å². The topological polar surface area (TPSA) is 84.2 Å². The minimum absolute atomic E-state index is 0.0476. The molecule has 27 heavy (non-hydrogen) atoms. The molecule has 2 N–H and O–H groups in total. The van der Waals surface area contributed by atoms with Crippen LogP contribution in [-0.4, -0.2) is 26.8 Å². The molecule has 0 unspecified atom stereocenters. The van der Waals surface area contributed by atoms with Crippen molar-refractivity contribution in [1.82, 2.24) is 9.78 Å². The van der Waals surface area contributed by atoms with E-state index in [2.05, 4.69) is 10.4 Å². The first-order valence-electron chi connectivity index (χ1n) is 7.97. The van der Waals surface area contributed by atoms with Crippen molar-refractivity contribution in [2.75, 3.05) is 5.32 Å². The van der Waals surface area contributed by atoms with E-state index in [0.29, 0.717) is 5.56 Å². The molecule has 0 aliphatic carbocycles. The summed E-state index contributed by atoms with van der Waals surface area (Å²) in [5, 5.41) is 15.2. The highest BCUT2D eigenvalue weighted by atomic mass is 19.1. The van der Waals surface area contributed by atoms with Crippen molar-refractivity contribution in [3.8, 4) is 0 Å². The monoisotopic (exact) mass is 371 g/mol. The van der Waals surface area contributed by atoms with E-state index >= 15 is 0 Å². The number of carboxylic acids is 1. The third kappa shape index (κ3) is 4.00. The average molecular weight is 371 g/mol. The van der Waals surface area contributed by atoms with Gasteiger partial charge in [-0.05, 0) is 36.8 Å². The summed E-state index contributed by atoms with van der Waals surface area (Å²) in [6.45, 7) is 1.81. The van der Waals surface area contributed by atoms with Crippen molar-refractivity contribution in [2.45, 2.75) is 13.5 Å². The minimum atomic E-state index is -1.56. The largest absolute Gasteiger partial charge is 0.476 e. The first-order valence-corrected chi connectivity index (χ1v) is 7.97. The fourth-order valence-electron chi connectivity index (χ4n) is 2.46. The van der Waals surface area contributed by atoms with Crippen LogP contribution < -0.4 is 5.32 Å². The lowest BCUT2D eigenvalue weighted by atomic mass is 10.1. The van der Waals surface area contributed by atoms with Crippen molar-refractivity contribution >= 4 is 17.7 Å². The van der Waals surface area contributed by atoms with Crippen LogP contribution in [0.2, 0.25) is 0 Å². The number of halogens is 2. The summed E-state index contributed by atoms with van der Waals surface area (Å²) in [4.78, 5) is 23.6. The Bertz CT molecular complexity index is 996. The molecule has 0 radical (unpaired) electrons. The minimum Gasteiger partial charge on any atom is -0.476 e. The van der Waals surface area contributed by atoms with Gasteiger partial charge >= 0.3 is 5.97 Å². The Kier molecular flexibility index (Phi) is 4.98. The molecule has 0 aliphatic heterocycles. The van der Waals surface area contributed by atoms with Gasteiger partial charge in [-0.25, -0.2) is 18.3 Å². The van der Waals surface area contributed by atoms with E-state index in [-0.39, 0.29) is 17.9 Å². The van der Waals surface area contributed by atoms with Crippen molar-refractivity contribution in [2.24, 2.45) is 0 Å². The number of aryl methyl sites for hydroxylation is 1. The molecule has 0 bridgehead atoms. The zero-order valence-electron chi connectivity index (χ0n) is 14.2. The lowest BCUT2D eigenvalue weighted by molar-refractivity contribution is 0.0684. The summed E-state index contributed by atoms with van der Waals surface area (Å²) in [5.74, 6) is -4.13. The third-order valence-corrected chi connectivity index (χ3v) is 3.89. The molecule has 0 spiro atoms. The number of rotatable bonds is 5. The Morgan fingerprint density at radius 3 is 2.30 bits per heavy atom. The smallest absolute Gasteiger partial charge is 0.359 e. The summed E-state index contributed by atoms with van der Waals surface area (Å²) in [5.41, 5.74) is 0.983. The molecule has 0 saturated heterocycles. The summed E-state index contributed by atoms with van der Waals surface area (Å²) < 4.78 is 28.6. The second-order valence-electron chi connectivity index (χ2n) is 5.92. The number of amides is 1. The molecular formula is C19H15F2N3O3. The maximum absolute atomic E-state index is 14.5. The zero-order chi connectivity index (χ0) is 19.6. The molecule has 3 aromatic rings. The normalized spacial score (nSPS) is 10.6. The molecular weight excluding hydrogens is 356 g/mol. The molecule has 0 atom stereocenters. The Labute approximate surface area is 153 Å². The fourth-order valence-corrected chi connectivity index (χ4v) is 2.46. The maximum atomic E-state index is 14.5. The van der Waals surface area contributed by atoms with Gasteiger partial charge in [0.05, 0.1) is 6.54 Å². The Balaban J connectivity index is 1.94. The Hall–Kier alpha value is -3.55.